The van der Waals surface area contributed by atoms with Crippen LogP contribution < -0.4 is 5.56 Å². The fourth-order valence-electron chi connectivity index (χ4n) is 2.55. The first-order valence-corrected chi connectivity index (χ1v) is 9.86. The van der Waals surface area contributed by atoms with Crippen LogP contribution in [0.3, 0.4) is 0 Å². The molecule has 0 amide bonds. The molecule has 0 unspecified atom stereocenters. The molecule has 1 aromatic heterocycles. The number of aromatic amines is 1. The van der Waals surface area contributed by atoms with E-state index in [-0.39, 0.29) is 11.5 Å². The van der Waals surface area contributed by atoms with Gasteiger partial charge in [-0.3, -0.25) is 4.79 Å². The largest absolute Gasteiger partial charge is 0.463 e. The smallest absolute Gasteiger partial charge is 0.330 e. The van der Waals surface area contributed by atoms with Gasteiger partial charge in [0.25, 0.3) is 5.56 Å². The highest BCUT2D eigenvalue weighted by Gasteiger charge is 2.05. The quantitative estimate of drug-likeness (QED) is 0.281. The van der Waals surface area contributed by atoms with Gasteiger partial charge in [-0.1, -0.05) is 66.4 Å². The second-order valence-corrected chi connectivity index (χ2v) is 6.88. The fourth-order valence-corrected chi connectivity index (χ4v) is 3.37. The zero-order valence-corrected chi connectivity index (χ0v) is 16.2. The van der Waals surface area contributed by atoms with Gasteiger partial charge in [0.05, 0.1) is 12.3 Å². The third kappa shape index (κ3) is 5.69. The van der Waals surface area contributed by atoms with E-state index in [2.05, 4.69) is 9.97 Å². The molecule has 0 fully saturated rings. The Morgan fingerprint density at radius 1 is 1.14 bits per heavy atom. The number of ether oxygens (including phenoxy) is 1. The number of carbonyl (C=O) groups excluding carboxylic acids is 1. The second kappa shape index (κ2) is 9.71. The molecule has 142 valence electrons. The normalized spacial score (nSPS) is 10.9. The number of esters is 1. The van der Waals surface area contributed by atoms with E-state index in [1.54, 1.807) is 13.0 Å². The molecular weight excluding hydrogens is 372 g/mol. The molecule has 0 bridgehead atoms. The van der Waals surface area contributed by atoms with Gasteiger partial charge in [0.2, 0.25) is 0 Å². The Labute approximate surface area is 167 Å². The predicted octanol–water partition coefficient (Wildman–Crippen LogP) is 4.31. The average molecular weight is 392 g/mol. The van der Waals surface area contributed by atoms with Crippen LogP contribution in [-0.4, -0.2) is 22.5 Å². The number of hydrogen-bond acceptors (Lipinski definition) is 5. The molecule has 0 radical (unpaired) electrons. The van der Waals surface area contributed by atoms with Crippen LogP contribution in [0.1, 0.15) is 18.1 Å². The lowest BCUT2D eigenvalue weighted by Crippen LogP contribution is -2.08. The number of carbonyl (C=O) groups is 1. The Morgan fingerprint density at radius 2 is 1.96 bits per heavy atom. The molecule has 3 rings (SSSR count). The van der Waals surface area contributed by atoms with E-state index in [1.165, 1.54) is 23.9 Å². The fraction of sp³-hybridized carbons (Fsp3) is 0.136. The van der Waals surface area contributed by atoms with Gasteiger partial charge in [0.15, 0.2) is 5.16 Å². The van der Waals surface area contributed by atoms with Gasteiger partial charge in [-0.05, 0) is 24.1 Å². The van der Waals surface area contributed by atoms with Gasteiger partial charge in [-0.25, -0.2) is 9.78 Å². The van der Waals surface area contributed by atoms with Crippen LogP contribution in [0.5, 0.6) is 0 Å². The van der Waals surface area contributed by atoms with Crippen LogP contribution >= 0.6 is 11.8 Å². The first-order chi connectivity index (χ1) is 13.6. The monoisotopic (exact) mass is 392 g/mol. The van der Waals surface area contributed by atoms with Crippen LogP contribution in [0.4, 0.5) is 0 Å². The van der Waals surface area contributed by atoms with E-state index in [1.807, 2.05) is 54.6 Å². The summed E-state index contributed by atoms with van der Waals surface area (Å²) >= 11 is 1.46. The maximum atomic E-state index is 12.0. The molecule has 0 aliphatic rings. The Kier molecular flexibility index (Phi) is 6.81. The van der Waals surface area contributed by atoms with E-state index in [9.17, 15) is 9.59 Å². The van der Waals surface area contributed by atoms with Gasteiger partial charge < -0.3 is 9.72 Å². The van der Waals surface area contributed by atoms with Crippen LogP contribution in [0, 0.1) is 0 Å². The summed E-state index contributed by atoms with van der Waals surface area (Å²) in [5.41, 5.74) is 3.34. The molecule has 0 saturated carbocycles. The standard InChI is InChI=1S/C22H20N2O3S/c1-2-27-21(26)12-11-16-7-6-8-17(13-16)15-28-22-23-19(14-20(25)24-22)18-9-4-3-5-10-18/h3-14H,2,15H2,1H3,(H,23,24,25)/b12-11+. The average Bonchev–Trinajstić information content (AvgIpc) is 2.72. The molecule has 0 atom stereocenters. The highest BCUT2D eigenvalue weighted by atomic mass is 32.2. The summed E-state index contributed by atoms with van der Waals surface area (Å²) in [5.74, 6) is 0.282. The van der Waals surface area contributed by atoms with E-state index in [0.29, 0.717) is 23.2 Å². The summed E-state index contributed by atoms with van der Waals surface area (Å²) in [7, 11) is 0. The van der Waals surface area contributed by atoms with Crippen molar-refractivity contribution in [2.45, 2.75) is 17.8 Å². The number of benzene rings is 2. The summed E-state index contributed by atoms with van der Waals surface area (Å²) in [6.07, 6.45) is 3.14. The number of hydrogen-bond donors (Lipinski definition) is 1. The van der Waals surface area contributed by atoms with Crippen molar-refractivity contribution in [3.63, 3.8) is 0 Å². The summed E-state index contributed by atoms with van der Waals surface area (Å²) in [6.45, 7) is 2.13. The van der Waals surface area contributed by atoms with Crippen molar-refractivity contribution >= 4 is 23.8 Å². The molecule has 0 aliphatic carbocycles. The molecule has 1 N–H and O–H groups in total. The van der Waals surface area contributed by atoms with Crippen LogP contribution in [-0.2, 0) is 15.3 Å². The summed E-state index contributed by atoms with van der Waals surface area (Å²) in [6, 6.07) is 18.9. The summed E-state index contributed by atoms with van der Waals surface area (Å²) in [5, 5.41) is 0.568. The molecule has 5 nitrogen and oxygen atoms in total. The lowest BCUT2D eigenvalue weighted by molar-refractivity contribution is -0.137. The van der Waals surface area contributed by atoms with E-state index in [0.717, 1.165) is 16.7 Å². The molecule has 0 saturated heterocycles. The minimum absolute atomic E-state index is 0.178. The molecule has 0 spiro atoms. The lowest BCUT2D eigenvalue weighted by atomic mass is 10.1. The zero-order valence-electron chi connectivity index (χ0n) is 15.4. The van der Waals surface area contributed by atoms with Crippen molar-refractivity contribution in [2.75, 3.05) is 6.61 Å². The van der Waals surface area contributed by atoms with Crippen LogP contribution in [0.15, 0.2) is 76.7 Å². The van der Waals surface area contributed by atoms with E-state index < -0.39 is 0 Å². The lowest BCUT2D eigenvalue weighted by Gasteiger charge is -2.05. The minimum atomic E-state index is -0.359. The van der Waals surface area contributed by atoms with Crippen molar-refractivity contribution in [3.8, 4) is 11.3 Å². The SMILES string of the molecule is CCOC(=O)/C=C/c1cccc(CSc2nc(-c3ccccc3)cc(=O)[nH]2)c1. The maximum Gasteiger partial charge on any atom is 0.330 e. The molecule has 6 heteroatoms. The number of aromatic nitrogens is 2. The number of rotatable bonds is 7. The second-order valence-electron chi connectivity index (χ2n) is 5.92. The number of H-pyrrole nitrogens is 1. The topological polar surface area (TPSA) is 72.0 Å². The number of thioether (sulfide) groups is 1. The van der Waals surface area contributed by atoms with Crippen molar-refractivity contribution in [1.82, 2.24) is 9.97 Å². The minimum Gasteiger partial charge on any atom is -0.463 e. The van der Waals surface area contributed by atoms with E-state index >= 15 is 0 Å². The highest BCUT2D eigenvalue weighted by Crippen LogP contribution is 2.22. The van der Waals surface area contributed by atoms with Gasteiger partial charge in [0, 0.05) is 23.5 Å². The highest BCUT2D eigenvalue weighted by molar-refractivity contribution is 7.98. The Morgan fingerprint density at radius 3 is 2.75 bits per heavy atom. The molecule has 1 heterocycles. The molecule has 3 aromatic rings. The van der Waals surface area contributed by atoms with Crippen LogP contribution in [0.25, 0.3) is 17.3 Å². The van der Waals surface area contributed by atoms with Crippen molar-refractivity contribution in [3.05, 3.63) is 88.2 Å². The third-order valence-corrected chi connectivity index (χ3v) is 4.76. The van der Waals surface area contributed by atoms with Crippen molar-refractivity contribution < 1.29 is 9.53 Å². The van der Waals surface area contributed by atoms with Gasteiger partial charge >= 0.3 is 5.97 Å². The van der Waals surface area contributed by atoms with Gasteiger partial charge in [-0.15, -0.1) is 0 Å². The first-order valence-electron chi connectivity index (χ1n) is 8.87. The van der Waals surface area contributed by atoms with Gasteiger partial charge in [0.1, 0.15) is 0 Å². The third-order valence-electron chi connectivity index (χ3n) is 3.81. The Balaban J connectivity index is 1.71. The van der Waals surface area contributed by atoms with Crippen molar-refractivity contribution in [1.29, 1.82) is 0 Å². The van der Waals surface area contributed by atoms with Gasteiger partial charge in [-0.2, -0.15) is 0 Å². The Bertz CT molecular complexity index is 1030. The maximum absolute atomic E-state index is 12.0. The molecule has 2 aromatic carbocycles. The molecule has 0 aliphatic heterocycles. The molecule has 28 heavy (non-hydrogen) atoms. The van der Waals surface area contributed by atoms with Crippen molar-refractivity contribution in [2.24, 2.45) is 0 Å². The number of nitrogens with one attached hydrogen (secondary N) is 1. The summed E-state index contributed by atoms with van der Waals surface area (Å²) in [4.78, 5) is 30.8. The van der Waals surface area contributed by atoms with Crippen LogP contribution in [0.2, 0.25) is 0 Å². The first kappa shape index (κ1) is 19.6. The molecular formula is C22H20N2O3S. The summed E-state index contributed by atoms with van der Waals surface area (Å²) < 4.78 is 4.89. The Hall–Kier alpha value is -3.12. The zero-order chi connectivity index (χ0) is 19.8. The predicted molar refractivity (Wildman–Crippen MR) is 112 cm³/mol. The van der Waals surface area contributed by atoms with E-state index in [4.69, 9.17) is 4.74 Å². The number of nitrogens with zero attached hydrogens (tertiary/aromatic N) is 1.